The number of unbranched alkanes of at least 4 members (excludes halogenated alkanes) is 1. The van der Waals surface area contributed by atoms with Crippen molar-refractivity contribution in [1.82, 2.24) is 10.2 Å². The molecule has 1 saturated carbocycles. The number of nitrogens with zero attached hydrogens (tertiary/aromatic N) is 1. The van der Waals surface area contributed by atoms with Gasteiger partial charge in [-0.1, -0.05) is 48.7 Å². The molecule has 0 bridgehead atoms. The first-order valence-electron chi connectivity index (χ1n) is 12.0. The predicted molar refractivity (Wildman–Crippen MR) is 126 cm³/mol. The quantitative estimate of drug-likeness (QED) is 0.611. The standard InChI is InChI=1S/C27H34N2O3/c1-20-13-15-23(16-14-20)32-18-8-7-17-28-26(30)25-19-22-11-5-6-12-24(22)29(25)27(31)21-9-3-2-4-10-21/h2-4,9-10,13-16,22,24-25H,5-8,11-12,17-19H2,1H3,(H,28,30). The van der Waals surface area contributed by atoms with Crippen molar-refractivity contribution in [2.75, 3.05) is 13.2 Å². The molecule has 2 fully saturated rings. The van der Waals surface area contributed by atoms with Crippen LogP contribution in [0.1, 0.15) is 60.9 Å². The molecule has 2 aromatic rings. The van der Waals surface area contributed by atoms with Gasteiger partial charge in [0.05, 0.1) is 6.61 Å². The third kappa shape index (κ3) is 5.32. The van der Waals surface area contributed by atoms with E-state index in [4.69, 9.17) is 4.74 Å². The highest BCUT2D eigenvalue weighted by atomic mass is 16.5. The van der Waals surface area contributed by atoms with Gasteiger partial charge in [0.1, 0.15) is 11.8 Å². The Morgan fingerprint density at radius 2 is 1.75 bits per heavy atom. The second-order valence-corrected chi connectivity index (χ2v) is 9.10. The highest BCUT2D eigenvalue weighted by molar-refractivity contribution is 5.98. The Hall–Kier alpha value is -2.82. The van der Waals surface area contributed by atoms with E-state index in [0.717, 1.165) is 44.3 Å². The zero-order valence-electron chi connectivity index (χ0n) is 19.0. The van der Waals surface area contributed by atoms with Crippen LogP contribution in [0.3, 0.4) is 0 Å². The van der Waals surface area contributed by atoms with Gasteiger partial charge in [-0.05, 0) is 69.2 Å². The maximum absolute atomic E-state index is 13.3. The average Bonchev–Trinajstić information content (AvgIpc) is 3.22. The molecule has 5 heteroatoms. The third-order valence-corrected chi connectivity index (χ3v) is 6.81. The number of fused-ring (bicyclic) bond motifs is 1. The van der Waals surface area contributed by atoms with Gasteiger partial charge in [0, 0.05) is 18.2 Å². The van der Waals surface area contributed by atoms with E-state index in [0.29, 0.717) is 24.6 Å². The van der Waals surface area contributed by atoms with Crippen molar-refractivity contribution in [1.29, 1.82) is 0 Å². The van der Waals surface area contributed by atoms with Gasteiger partial charge in [0.15, 0.2) is 0 Å². The van der Waals surface area contributed by atoms with E-state index in [1.54, 1.807) is 0 Å². The van der Waals surface area contributed by atoms with Gasteiger partial charge in [0.2, 0.25) is 5.91 Å². The van der Waals surface area contributed by atoms with Crippen LogP contribution < -0.4 is 10.1 Å². The largest absolute Gasteiger partial charge is 0.494 e. The van der Waals surface area contributed by atoms with Gasteiger partial charge in [-0.3, -0.25) is 9.59 Å². The predicted octanol–water partition coefficient (Wildman–Crippen LogP) is 4.74. The zero-order chi connectivity index (χ0) is 22.3. The molecule has 2 aliphatic rings. The van der Waals surface area contributed by atoms with E-state index in [1.807, 2.05) is 59.5 Å². The fourth-order valence-corrected chi connectivity index (χ4v) is 5.10. The molecule has 1 aliphatic carbocycles. The summed E-state index contributed by atoms with van der Waals surface area (Å²) in [6.45, 7) is 3.29. The molecule has 3 atom stereocenters. The topological polar surface area (TPSA) is 58.6 Å². The third-order valence-electron chi connectivity index (χ3n) is 6.81. The number of carbonyl (C=O) groups is 2. The molecule has 0 aromatic heterocycles. The lowest BCUT2D eigenvalue weighted by molar-refractivity contribution is -0.125. The Bertz CT molecular complexity index is 897. The first-order valence-corrected chi connectivity index (χ1v) is 12.0. The molecule has 3 unspecified atom stereocenters. The lowest BCUT2D eigenvalue weighted by Gasteiger charge is -2.33. The maximum atomic E-state index is 13.3. The van der Waals surface area contributed by atoms with Gasteiger partial charge in [-0.2, -0.15) is 0 Å². The van der Waals surface area contributed by atoms with Crippen molar-refractivity contribution in [3.05, 3.63) is 65.7 Å². The van der Waals surface area contributed by atoms with Crippen molar-refractivity contribution < 1.29 is 14.3 Å². The molecule has 1 aliphatic heterocycles. The van der Waals surface area contributed by atoms with Crippen LogP contribution in [0.25, 0.3) is 0 Å². The molecular weight excluding hydrogens is 400 g/mol. The SMILES string of the molecule is Cc1ccc(OCCCCNC(=O)C2CC3CCCCC3N2C(=O)c2ccccc2)cc1. The zero-order valence-corrected chi connectivity index (χ0v) is 19.0. The van der Waals surface area contributed by atoms with Crippen LogP contribution in [0.2, 0.25) is 0 Å². The normalized spacial score (nSPS) is 22.3. The minimum atomic E-state index is -0.361. The number of amides is 2. The lowest BCUT2D eigenvalue weighted by Crippen LogP contribution is -2.49. The molecule has 0 radical (unpaired) electrons. The lowest BCUT2D eigenvalue weighted by atomic mass is 9.84. The van der Waals surface area contributed by atoms with Crippen molar-refractivity contribution in [3.63, 3.8) is 0 Å². The van der Waals surface area contributed by atoms with E-state index < -0.39 is 0 Å². The minimum absolute atomic E-state index is 0.00773. The number of benzene rings is 2. The number of ether oxygens (including phenoxy) is 1. The average molecular weight is 435 g/mol. The number of carbonyl (C=O) groups excluding carboxylic acids is 2. The number of aryl methyl sites for hydroxylation is 1. The fourth-order valence-electron chi connectivity index (χ4n) is 5.10. The first-order chi connectivity index (χ1) is 15.6. The molecular formula is C27H34N2O3. The Morgan fingerprint density at radius 1 is 1.00 bits per heavy atom. The Kier molecular flexibility index (Phi) is 7.46. The summed E-state index contributed by atoms with van der Waals surface area (Å²) in [7, 11) is 0. The molecule has 4 rings (SSSR count). The highest BCUT2D eigenvalue weighted by Gasteiger charge is 2.47. The maximum Gasteiger partial charge on any atom is 0.254 e. The van der Waals surface area contributed by atoms with Crippen molar-refractivity contribution in [2.24, 2.45) is 5.92 Å². The number of rotatable bonds is 8. The summed E-state index contributed by atoms with van der Waals surface area (Å²) in [5, 5.41) is 3.09. The van der Waals surface area contributed by atoms with E-state index in [9.17, 15) is 9.59 Å². The molecule has 1 heterocycles. The monoisotopic (exact) mass is 434 g/mol. The van der Waals surface area contributed by atoms with Gasteiger partial charge >= 0.3 is 0 Å². The Morgan fingerprint density at radius 3 is 2.53 bits per heavy atom. The van der Waals surface area contributed by atoms with Crippen molar-refractivity contribution in [2.45, 2.75) is 64.0 Å². The van der Waals surface area contributed by atoms with Crippen LogP contribution in [0.4, 0.5) is 0 Å². The minimum Gasteiger partial charge on any atom is -0.494 e. The summed E-state index contributed by atoms with van der Waals surface area (Å²) >= 11 is 0. The summed E-state index contributed by atoms with van der Waals surface area (Å²) in [6, 6.07) is 17.2. The number of hydrogen-bond donors (Lipinski definition) is 1. The van der Waals surface area contributed by atoms with E-state index in [-0.39, 0.29) is 23.9 Å². The molecule has 170 valence electrons. The van der Waals surface area contributed by atoms with E-state index in [2.05, 4.69) is 12.2 Å². The van der Waals surface area contributed by atoms with Gasteiger partial charge < -0.3 is 15.0 Å². The smallest absolute Gasteiger partial charge is 0.254 e. The van der Waals surface area contributed by atoms with Crippen LogP contribution in [0.5, 0.6) is 5.75 Å². The molecule has 1 N–H and O–H groups in total. The van der Waals surface area contributed by atoms with Crippen molar-refractivity contribution >= 4 is 11.8 Å². The summed E-state index contributed by atoms with van der Waals surface area (Å²) in [4.78, 5) is 28.3. The molecule has 0 spiro atoms. The van der Waals surface area contributed by atoms with Crippen molar-refractivity contribution in [3.8, 4) is 5.75 Å². The molecule has 2 amide bonds. The van der Waals surface area contributed by atoms with Crippen LogP contribution >= 0.6 is 0 Å². The summed E-state index contributed by atoms with van der Waals surface area (Å²) in [5.41, 5.74) is 1.89. The van der Waals surface area contributed by atoms with Gasteiger partial charge in [-0.25, -0.2) is 0 Å². The van der Waals surface area contributed by atoms with Crippen LogP contribution in [0.15, 0.2) is 54.6 Å². The molecule has 1 saturated heterocycles. The van der Waals surface area contributed by atoms with Crippen LogP contribution in [0, 0.1) is 12.8 Å². The fraction of sp³-hybridized carbons (Fsp3) is 0.481. The second kappa shape index (κ2) is 10.7. The van der Waals surface area contributed by atoms with E-state index in [1.165, 1.54) is 12.0 Å². The molecule has 5 nitrogen and oxygen atoms in total. The summed E-state index contributed by atoms with van der Waals surface area (Å²) in [6.07, 6.45) is 6.96. The number of nitrogens with one attached hydrogen (secondary N) is 1. The van der Waals surface area contributed by atoms with Crippen LogP contribution in [-0.4, -0.2) is 41.9 Å². The Labute approximate surface area is 191 Å². The summed E-state index contributed by atoms with van der Waals surface area (Å²) < 4.78 is 5.76. The highest BCUT2D eigenvalue weighted by Crippen LogP contribution is 2.40. The van der Waals surface area contributed by atoms with Gasteiger partial charge in [0.25, 0.3) is 5.91 Å². The van der Waals surface area contributed by atoms with Crippen LogP contribution in [-0.2, 0) is 4.79 Å². The molecule has 2 aromatic carbocycles. The second-order valence-electron chi connectivity index (χ2n) is 9.10. The molecule has 32 heavy (non-hydrogen) atoms. The number of hydrogen-bond acceptors (Lipinski definition) is 3. The van der Waals surface area contributed by atoms with E-state index >= 15 is 0 Å². The number of likely N-dealkylation sites (tertiary alicyclic amines) is 1. The summed E-state index contributed by atoms with van der Waals surface area (Å²) in [5.74, 6) is 1.30. The Balaban J connectivity index is 1.29. The van der Waals surface area contributed by atoms with Gasteiger partial charge in [-0.15, -0.1) is 0 Å². The first kappa shape index (κ1) is 22.4.